The number of nitrogens with one attached hydrogen (secondary N) is 1. The van der Waals surface area contributed by atoms with Gasteiger partial charge in [0.1, 0.15) is 36.3 Å². The molecule has 9 nitrogen and oxygen atoms in total. The molecule has 10 heteroatoms. The summed E-state index contributed by atoms with van der Waals surface area (Å²) in [6.07, 6.45) is 3.06. The quantitative estimate of drug-likeness (QED) is 0.0913. The number of aliphatic carboxylic acids is 1. The summed E-state index contributed by atoms with van der Waals surface area (Å²) in [5.41, 5.74) is 15.0. The molecule has 0 aliphatic heterocycles. The molecule has 262 valence electrons. The molecule has 5 N–H and O–H groups in total. The third-order valence-corrected chi connectivity index (χ3v) is 9.36. The van der Waals surface area contributed by atoms with E-state index in [1.807, 2.05) is 31.2 Å². The van der Waals surface area contributed by atoms with Crippen molar-refractivity contribution in [1.82, 2.24) is 10.3 Å². The van der Waals surface area contributed by atoms with Crippen molar-refractivity contribution in [3.8, 4) is 39.8 Å². The lowest BCUT2D eigenvalue weighted by molar-refractivity contribution is -0.145. The number of carboxylic acid groups (broad SMARTS) is 1. The van der Waals surface area contributed by atoms with E-state index in [4.69, 9.17) is 26.8 Å². The van der Waals surface area contributed by atoms with E-state index in [0.29, 0.717) is 33.2 Å². The summed E-state index contributed by atoms with van der Waals surface area (Å²) < 4.78 is 12.5. The highest BCUT2D eigenvalue weighted by Crippen LogP contribution is 2.37. The second kappa shape index (κ2) is 16.2. The summed E-state index contributed by atoms with van der Waals surface area (Å²) in [5, 5.41) is 31.9. The van der Waals surface area contributed by atoms with Gasteiger partial charge in [-0.2, -0.15) is 5.26 Å². The first-order valence-corrected chi connectivity index (χ1v) is 16.9. The molecule has 0 saturated heterocycles. The highest BCUT2D eigenvalue weighted by atomic mass is 35.5. The molecular weight excluding hydrogens is 664 g/mol. The van der Waals surface area contributed by atoms with Gasteiger partial charge in [-0.25, -0.2) is 0 Å². The Hall–Kier alpha value is -5.24. The summed E-state index contributed by atoms with van der Waals surface area (Å²) >= 11 is 6.74. The number of nitriles is 1. The van der Waals surface area contributed by atoms with Crippen molar-refractivity contribution in [2.75, 3.05) is 6.61 Å². The van der Waals surface area contributed by atoms with Crippen LogP contribution in [0.3, 0.4) is 0 Å². The van der Waals surface area contributed by atoms with Gasteiger partial charge in [0.2, 0.25) is 0 Å². The van der Waals surface area contributed by atoms with Gasteiger partial charge in [-0.05, 0) is 90.4 Å². The van der Waals surface area contributed by atoms with Gasteiger partial charge in [-0.15, -0.1) is 0 Å². The van der Waals surface area contributed by atoms with Crippen molar-refractivity contribution in [2.24, 2.45) is 5.73 Å². The Labute approximate surface area is 303 Å². The number of hydrogen-bond donors (Lipinski definition) is 4. The maximum atomic E-state index is 11.8. The number of carbonyl (C=O) groups is 1. The number of aromatic nitrogens is 1. The number of halogens is 1. The summed E-state index contributed by atoms with van der Waals surface area (Å²) in [6.45, 7) is 7.30. The molecule has 0 saturated carbocycles. The molecule has 0 spiro atoms. The van der Waals surface area contributed by atoms with Gasteiger partial charge >= 0.3 is 5.97 Å². The molecule has 4 aromatic carbocycles. The molecule has 0 fully saturated rings. The highest BCUT2D eigenvalue weighted by Gasteiger charge is 2.32. The monoisotopic (exact) mass is 704 g/mol. The fourth-order valence-electron chi connectivity index (χ4n) is 5.75. The third-order valence-electron chi connectivity index (χ3n) is 9.07. The predicted molar refractivity (Wildman–Crippen MR) is 198 cm³/mol. The van der Waals surface area contributed by atoms with Crippen LogP contribution in [0.5, 0.6) is 11.5 Å². The molecular formula is C41H41ClN4O5. The van der Waals surface area contributed by atoms with E-state index in [1.165, 1.54) is 13.1 Å². The Morgan fingerprint density at radius 2 is 1.63 bits per heavy atom. The summed E-state index contributed by atoms with van der Waals surface area (Å²) in [7, 11) is 0. The van der Waals surface area contributed by atoms with Gasteiger partial charge in [0.25, 0.3) is 0 Å². The van der Waals surface area contributed by atoms with E-state index >= 15 is 0 Å². The molecule has 5 rings (SSSR count). The minimum absolute atomic E-state index is 0.0320. The Bertz CT molecular complexity index is 2090. The second-order valence-corrected chi connectivity index (χ2v) is 13.2. The molecule has 0 bridgehead atoms. The SMILES string of the molecule is Cc1c(COc2cc(OCc3cncc(C#N)c3)c(CN[C@@](C)(CO)C(=O)O)cc2Cl)cccc1-c1cccc(-c2cccc([C@@H](C)N)c2)c1C. The Kier molecular flexibility index (Phi) is 11.8. The fourth-order valence-corrected chi connectivity index (χ4v) is 5.99. The largest absolute Gasteiger partial charge is 0.488 e. The van der Waals surface area contributed by atoms with Crippen LogP contribution in [0.2, 0.25) is 5.02 Å². The molecule has 1 aromatic heterocycles. The minimum atomic E-state index is -1.59. The predicted octanol–water partition coefficient (Wildman–Crippen LogP) is 7.66. The maximum absolute atomic E-state index is 11.8. The molecule has 5 aromatic rings. The fraction of sp³-hybridized carbons (Fsp3) is 0.244. The summed E-state index contributed by atoms with van der Waals surface area (Å²) in [4.78, 5) is 15.9. The van der Waals surface area contributed by atoms with Crippen LogP contribution in [0, 0.1) is 25.2 Å². The number of benzene rings is 4. The second-order valence-electron chi connectivity index (χ2n) is 12.8. The molecule has 0 amide bonds. The van der Waals surface area contributed by atoms with Crippen LogP contribution in [0.25, 0.3) is 22.3 Å². The molecule has 0 radical (unpaired) electrons. The van der Waals surface area contributed by atoms with Crippen LogP contribution in [-0.4, -0.2) is 33.3 Å². The first kappa shape index (κ1) is 37.0. The van der Waals surface area contributed by atoms with Crippen molar-refractivity contribution in [2.45, 2.75) is 59.0 Å². The zero-order chi connectivity index (χ0) is 36.7. The average Bonchev–Trinajstić information content (AvgIpc) is 3.13. The van der Waals surface area contributed by atoms with Crippen LogP contribution < -0.4 is 20.5 Å². The maximum Gasteiger partial charge on any atom is 0.326 e. The van der Waals surface area contributed by atoms with Crippen molar-refractivity contribution in [3.63, 3.8) is 0 Å². The number of carboxylic acids is 1. The van der Waals surface area contributed by atoms with Crippen molar-refractivity contribution in [1.29, 1.82) is 5.26 Å². The van der Waals surface area contributed by atoms with E-state index < -0.39 is 18.1 Å². The molecule has 0 unspecified atom stereocenters. The lowest BCUT2D eigenvalue weighted by atomic mass is 9.89. The number of pyridine rings is 1. The summed E-state index contributed by atoms with van der Waals surface area (Å²) in [5.74, 6) is -0.437. The topological polar surface area (TPSA) is 151 Å². The van der Waals surface area contributed by atoms with Crippen LogP contribution in [0.15, 0.2) is 91.3 Å². The van der Waals surface area contributed by atoms with Crippen LogP contribution in [0.1, 0.15) is 58.8 Å². The Morgan fingerprint density at radius 3 is 2.33 bits per heavy atom. The molecule has 0 aliphatic rings. The van der Waals surface area contributed by atoms with E-state index in [9.17, 15) is 20.3 Å². The van der Waals surface area contributed by atoms with Crippen molar-refractivity contribution in [3.05, 3.63) is 135 Å². The van der Waals surface area contributed by atoms with Gasteiger partial charge in [0.15, 0.2) is 0 Å². The lowest BCUT2D eigenvalue weighted by Crippen LogP contribution is -2.52. The number of nitrogens with zero attached hydrogens (tertiary/aromatic N) is 2. The third kappa shape index (κ3) is 8.56. The number of hydrogen-bond acceptors (Lipinski definition) is 8. The average molecular weight is 705 g/mol. The first-order chi connectivity index (χ1) is 24.4. The normalized spacial score (nSPS) is 12.8. The van der Waals surface area contributed by atoms with Crippen LogP contribution >= 0.6 is 11.6 Å². The number of aliphatic hydroxyl groups is 1. The zero-order valence-corrected chi connectivity index (χ0v) is 29.8. The van der Waals surface area contributed by atoms with E-state index in [0.717, 1.165) is 44.5 Å². The molecule has 51 heavy (non-hydrogen) atoms. The van der Waals surface area contributed by atoms with Gasteiger partial charge in [-0.3, -0.25) is 15.1 Å². The molecule has 1 heterocycles. The van der Waals surface area contributed by atoms with E-state index in [-0.39, 0.29) is 25.8 Å². The zero-order valence-electron chi connectivity index (χ0n) is 29.0. The number of ether oxygens (including phenoxy) is 2. The first-order valence-electron chi connectivity index (χ1n) is 16.5. The molecule has 0 aliphatic carbocycles. The molecule has 2 atom stereocenters. The number of aliphatic hydroxyl groups excluding tert-OH is 1. The Balaban J connectivity index is 1.42. The van der Waals surface area contributed by atoms with Crippen LogP contribution in [-0.2, 0) is 24.6 Å². The van der Waals surface area contributed by atoms with Gasteiger partial charge in [0.05, 0.1) is 17.2 Å². The van der Waals surface area contributed by atoms with Gasteiger partial charge in [-0.1, -0.05) is 66.2 Å². The standard InChI is InChI=1S/C41H41ClN4O5/c1-25-32(10-6-12-35(25)36-13-7-11-34(26(36)2)31-9-5-8-30(15-31)27(3)44)23-51-39-17-38(50-22-29-14-28(18-43)19-45-20-29)33(16-37(39)42)21-46-41(4,24-47)40(48)49/h5-17,19-20,27,46-47H,21-24,44H2,1-4H3,(H,48,49)/t27-,41+/m1/s1. The number of nitrogens with two attached hydrogens (primary N) is 1. The van der Waals surface area contributed by atoms with E-state index in [1.54, 1.807) is 24.4 Å². The minimum Gasteiger partial charge on any atom is -0.488 e. The van der Waals surface area contributed by atoms with Crippen molar-refractivity contribution >= 4 is 17.6 Å². The van der Waals surface area contributed by atoms with Crippen molar-refractivity contribution < 1.29 is 24.5 Å². The van der Waals surface area contributed by atoms with Gasteiger partial charge < -0.3 is 25.4 Å². The summed E-state index contributed by atoms with van der Waals surface area (Å²) in [6, 6.07) is 27.8. The number of rotatable bonds is 14. The van der Waals surface area contributed by atoms with Crippen LogP contribution in [0.4, 0.5) is 0 Å². The lowest BCUT2D eigenvalue weighted by Gasteiger charge is -2.25. The smallest absolute Gasteiger partial charge is 0.326 e. The Morgan fingerprint density at radius 1 is 0.941 bits per heavy atom. The van der Waals surface area contributed by atoms with E-state index in [2.05, 4.69) is 66.6 Å². The highest BCUT2D eigenvalue weighted by molar-refractivity contribution is 6.32. The van der Waals surface area contributed by atoms with Gasteiger partial charge in [0, 0.05) is 42.2 Å².